The number of carbonyl (C=O) groups is 5. The molecule has 7 aliphatic rings. The number of sulfonamides is 1. The van der Waals surface area contributed by atoms with Crippen molar-refractivity contribution in [3.63, 3.8) is 0 Å². The lowest BCUT2D eigenvalue weighted by Crippen LogP contribution is -2.65. The summed E-state index contributed by atoms with van der Waals surface area (Å²) in [6, 6.07) is 22.7. The number of aromatic nitrogens is 1. The lowest BCUT2D eigenvalue weighted by Gasteiger charge is -2.68. The summed E-state index contributed by atoms with van der Waals surface area (Å²) in [6.07, 6.45) is 6.33. The Morgan fingerprint density at radius 2 is 1.47 bits per heavy atom. The van der Waals surface area contributed by atoms with Crippen LogP contribution >= 0.6 is 23.1 Å². The molecule has 28 heteroatoms. The zero-order chi connectivity index (χ0) is 74.7. The molecule has 4 heterocycles. The number of unbranched alkanes of at least 4 members (excludes halogenated alkanes) is 2. The number of alkyl halides is 4. The largest absolute Gasteiger partial charge is 0.501 e. The van der Waals surface area contributed by atoms with Crippen LogP contribution in [-0.4, -0.2) is 189 Å². The predicted octanol–water partition coefficient (Wildman–Crippen LogP) is 11.5. The molecular formula is C76H98F4N10O10S4. The lowest BCUT2D eigenvalue weighted by molar-refractivity contribution is -0.193. The van der Waals surface area contributed by atoms with E-state index in [-0.39, 0.29) is 59.8 Å². The third-order valence-electron chi connectivity index (χ3n) is 21.6. The molecule has 0 unspecified atom stereocenters. The smallest absolute Gasteiger partial charge is 0.391 e. The zero-order valence-electron chi connectivity index (χ0n) is 60.3. The van der Waals surface area contributed by atoms with E-state index in [0.717, 1.165) is 83.3 Å². The lowest BCUT2D eigenvalue weighted by atomic mass is 9.38. The van der Waals surface area contributed by atoms with Crippen LogP contribution in [0, 0.1) is 23.2 Å². The highest BCUT2D eigenvalue weighted by molar-refractivity contribution is 7.99. The van der Waals surface area contributed by atoms with Gasteiger partial charge in [-0.05, 0) is 148 Å². The van der Waals surface area contributed by atoms with Gasteiger partial charge in [0.15, 0.2) is 0 Å². The predicted molar refractivity (Wildman–Crippen MR) is 396 cm³/mol. The summed E-state index contributed by atoms with van der Waals surface area (Å²) in [4.78, 5) is 82.5. The van der Waals surface area contributed by atoms with Crippen LogP contribution < -0.4 is 25.6 Å². The molecule has 4 aliphatic carbocycles. The van der Waals surface area contributed by atoms with Gasteiger partial charge in [-0.25, -0.2) is 30.9 Å². The minimum Gasteiger partial charge on any atom is -0.391 e. The van der Waals surface area contributed by atoms with Crippen LogP contribution in [0.1, 0.15) is 153 Å². The van der Waals surface area contributed by atoms with Gasteiger partial charge in [0.25, 0.3) is 25.8 Å². The zero-order valence-corrected chi connectivity index (χ0v) is 63.6. The number of β-amino-alcohol motifs (C(OH)–C–C–N with tert-alkyl or cyclic N) is 1. The third-order valence-corrected chi connectivity index (χ3v) is 26.6. The minimum absolute atomic E-state index is 0.0436. The molecule has 0 spiro atoms. The minimum atomic E-state index is -6.18. The highest BCUT2D eigenvalue weighted by Gasteiger charge is 2.71. The van der Waals surface area contributed by atoms with Crippen molar-refractivity contribution in [1.82, 2.24) is 39.9 Å². The molecule has 3 saturated carbocycles. The van der Waals surface area contributed by atoms with E-state index in [2.05, 4.69) is 49.5 Å². The summed E-state index contributed by atoms with van der Waals surface area (Å²) in [5, 5.41) is 19.7. The second kappa shape index (κ2) is 31.9. The molecule has 104 heavy (non-hydrogen) atoms. The van der Waals surface area contributed by atoms with Gasteiger partial charge in [-0.15, -0.1) is 23.1 Å². The number of amides is 5. The van der Waals surface area contributed by atoms with E-state index in [1.165, 1.54) is 39.9 Å². The Bertz CT molecular complexity index is 4180. The van der Waals surface area contributed by atoms with E-state index in [9.17, 15) is 63.5 Å². The Labute approximate surface area is 616 Å². The Morgan fingerprint density at radius 3 is 2.11 bits per heavy atom. The second-order valence-electron chi connectivity index (χ2n) is 31.2. The van der Waals surface area contributed by atoms with Gasteiger partial charge in [-0.1, -0.05) is 94.7 Å². The number of likely N-dealkylation sites (tertiary alicyclic amines) is 1. The van der Waals surface area contributed by atoms with Crippen LogP contribution in [0.3, 0.4) is 0 Å². The quantitative estimate of drug-likeness (QED) is 0.0135. The van der Waals surface area contributed by atoms with E-state index < -0.39 is 99.9 Å². The fraction of sp³-hybridized carbons (Fsp3) is 0.553. The second-order valence-corrected chi connectivity index (χ2v) is 36.7. The maximum absolute atomic E-state index is 14.7. The fourth-order valence-electron chi connectivity index (χ4n) is 15.5. The summed E-state index contributed by atoms with van der Waals surface area (Å²) in [6.45, 7) is 19.8. The van der Waals surface area contributed by atoms with Crippen LogP contribution in [-0.2, 0) is 39.0 Å². The number of nitrogens with one attached hydrogen (secondary N) is 4. The number of carbonyl (C=O) groups excluding carboxylic acids is 5. The number of rotatable bonds is 28. The van der Waals surface area contributed by atoms with Crippen LogP contribution in [0.5, 0.6) is 0 Å². The number of piperazine rings is 2. The number of sulfone groups is 1. The van der Waals surface area contributed by atoms with Crippen molar-refractivity contribution in [3.05, 3.63) is 131 Å². The van der Waals surface area contributed by atoms with Gasteiger partial charge in [-0.2, -0.15) is 13.2 Å². The molecule has 3 aliphatic heterocycles. The number of aliphatic hydroxyl groups excluding tert-OH is 1. The van der Waals surface area contributed by atoms with Crippen LogP contribution in [0.25, 0.3) is 10.4 Å². The molecule has 2 bridgehead atoms. The van der Waals surface area contributed by atoms with Crippen LogP contribution in [0.4, 0.5) is 28.9 Å². The number of halogens is 4. The number of hydrogen-bond acceptors (Lipinski definition) is 17. The van der Waals surface area contributed by atoms with Gasteiger partial charge < -0.3 is 35.8 Å². The van der Waals surface area contributed by atoms with E-state index in [0.29, 0.717) is 96.8 Å². The molecule has 5 atom stereocenters. The standard InChI is InChI=1S/C76H98F4N10O10S4/c1-50(52-18-20-53(21-19-52)67-51(2)81-49-102-67)82-70(95)63-40-58(91)44-90(63)71(96)68(72(3,4)5)84-65(92)16-12-9-13-17-66(93)89-38-32-86(33-39-89)31-29-56(45-101-59-14-10-8-11-15-59)83-62-27-26-60(41-64(62)103(97,98)76(78,79)80)104(99,100)85-69(94)54-22-24-57(25-23-54)88-36-34-87(35-37-88)43-55-28-30-73(6,7)42-61(55)74-46-75(77,47-74)48-74/h8,10-11,14-15,18-27,41,49-50,56,58,63,68,83,91H,9,12-13,16-17,28-40,42-48H2,1-7H3,(H,82,95)(H,84,92)(H,85,94)/t50-,56+,58+,63-,68+,74?,75?/m0/s1. The van der Waals surface area contributed by atoms with E-state index in [1.807, 2.05) is 93.9 Å². The van der Waals surface area contributed by atoms with Gasteiger partial charge in [0.05, 0.1) is 38.8 Å². The van der Waals surface area contributed by atoms with Crippen molar-refractivity contribution in [2.24, 2.45) is 16.2 Å². The Balaban J connectivity index is 0.640. The molecular weight excluding hydrogens is 1420 g/mol. The van der Waals surface area contributed by atoms with Crippen molar-refractivity contribution >= 4 is 83.9 Å². The molecule has 20 nitrogen and oxygen atoms in total. The molecule has 4 aromatic carbocycles. The molecule has 564 valence electrons. The average molecular weight is 1520 g/mol. The summed E-state index contributed by atoms with van der Waals surface area (Å²) >= 11 is 2.94. The highest BCUT2D eigenvalue weighted by Crippen LogP contribution is 2.74. The molecule has 5 aromatic rings. The number of thioether (sulfide) groups is 1. The number of thiazole rings is 1. The normalized spacial score (nSPS) is 22.6. The van der Waals surface area contributed by atoms with Crippen molar-refractivity contribution < 1.29 is 63.5 Å². The SMILES string of the molecule is Cc1ncsc1-c1ccc([C@H](C)NC(=O)[C@@H]2C[C@@H](O)CN2C(=O)[C@@H](NC(=O)CCCCCC(=O)N2CCN(CC[C@H](CSc3ccccc3)Nc3ccc(S(=O)(=O)NC(=O)c4ccc(N5CCN(CC6=C(C78CC(F)(C7)C8)CC(C)(C)CC6)CC5)cc4)cc3S(=O)(=O)C(F)(F)F)CC2)C(C)(C)C)cc1. The molecule has 0 radical (unpaired) electrons. The number of allylic oxidation sites excluding steroid dienone is 1. The third kappa shape index (κ3) is 18.5. The Kier molecular flexibility index (Phi) is 23.9. The molecule has 3 saturated heterocycles. The Hall–Kier alpha value is -6.95. The molecule has 1 aromatic heterocycles. The molecule has 5 N–H and O–H groups in total. The highest BCUT2D eigenvalue weighted by atomic mass is 32.2. The number of aryl methyl sites for hydroxylation is 1. The first-order valence-electron chi connectivity index (χ1n) is 36.1. The number of nitrogens with zero attached hydrogens (tertiary/aromatic N) is 6. The first-order chi connectivity index (χ1) is 49.1. The Morgan fingerprint density at radius 1 is 0.808 bits per heavy atom. The van der Waals surface area contributed by atoms with Crippen LogP contribution in [0.15, 0.2) is 128 Å². The summed E-state index contributed by atoms with van der Waals surface area (Å²) < 4.78 is 115. The van der Waals surface area contributed by atoms with Gasteiger partial charge in [0.2, 0.25) is 23.6 Å². The summed E-state index contributed by atoms with van der Waals surface area (Å²) in [5.41, 5.74) is 0.541. The summed E-state index contributed by atoms with van der Waals surface area (Å²) in [5.74, 6) is -2.11. The van der Waals surface area contributed by atoms with Crippen molar-refractivity contribution in [2.75, 3.05) is 88.0 Å². The first-order valence-corrected chi connectivity index (χ1v) is 40.9. The maximum atomic E-state index is 14.7. The van der Waals surface area contributed by atoms with Crippen molar-refractivity contribution in [1.29, 1.82) is 0 Å². The maximum Gasteiger partial charge on any atom is 0.501 e. The molecule has 6 fully saturated rings. The molecule has 12 rings (SSSR count). The van der Waals surface area contributed by atoms with E-state index in [1.54, 1.807) is 33.9 Å². The van der Waals surface area contributed by atoms with Gasteiger partial charge >= 0.3 is 5.51 Å². The number of hydrogen-bond donors (Lipinski definition) is 5. The summed E-state index contributed by atoms with van der Waals surface area (Å²) in [7, 11) is -11.1. The van der Waals surface area contributed by atoms with Crippen molar-refractivity contribution in [3.8, 4) is 10.4 Å². The van der Waals surface area contributed by atoms with E-state index in [4.69, 9.17) is 0 Å². The van der Waals surface area contributed by atoms with Gasteiger partial charge in [0.1, 0.15) is 22.6 Å². The van der Waals surface area contributed by atoms with E-state index >= 15 is 0 Å². The number of aliphatic hydroxyl groups is 1. The van der Waals surface area contributed by atoms with Crippen LogP contribution in [0.2, 0.25) is 0 Å². The molecule has 5 amide bonds. The first kappa shape index (κ1) is 78.1. The van der Waals surface area contributed by atoms with Gasteiger partial charge in [0, 0.05) is 125 Å². The monoisotopic (exact) mass is 1510 g/mol. The van der Waals surface area contributed by atoms with Gasteiger partial charge in [-0.3, -0.25) is 33.8 Å². The van der Waals surface area contributed by atoms with Crippen molar-refractivity contribution in [2.45, 2.75) is 188 Å². The average Bonchev–Trinajstić information content (AvgIpc) is 0.711. The topological polar surface area (TPSA) is 251 Å². The number of benzene rings is 4. The fourth-order valence-corrected chi connectivity index (χ4v) is 19.3. The number of anilines is 2.